The molecule has 0 saturated carbocycles. The fraction of sp³-hybridized carbons (Fsp3) is 0.105. The van der Waals surface area contributed by atoms with Crippen molar-refractivity contribution in [2.45, 2.75) is 6.92 Å². The monoisotopic (exact) mass is 366 g/mol. The van der Waals surface area contributed by atoms with Crippen LogP contribution in [0.3, 0.4) is 0 Å². The van der Waals surface area contributed by atoms with Crippen LogP contribution < -0.4 is 10.2 Å². The zero-order valence-corrected chi connectivity index (χ0v) is 14.7. The molecule has 8 heteroatoms. The third-order valence-corrected chi connectivity index (χ3v) is 4.16. The summed E-state index contributed by atoms with van der Waals surface area (Å²) in [5.74, 6) is -0.445. The highest BCUT2D eigenvalue weighted by Gasteiger charge is 2.16. The first-order valence-electron chi connectivity index (χ1n) is 8.25. The number of aromatic nitrogens is 4. The van der Waals surface area contributed by atoms with Crippen LogP contribution in [0.2, 0.25) is 0 Å². The van der Waals surface area contributed by atoms with Crippen LogP contribution in [0.15, 0.2) is 48.7 Å². The predicted octanol–water partition coefficient (Wildman–Crippen LogP) is 4.45. The van der Waals surface area contributed by atoms with E-state index in [1.54, 1.807) is 24.2 Å². The summed E-state index contributed by atoms with van der Waals surface area (Å²) in [5.41, 5.74) is 2.39. The maximum absolute atomic E-state index is 13.6. The van der Waals surface area contributed by atoms with Gasteiger partial charge in [0.1, 0.15) is 5.82 Å². The van der Waals surface area contributed by atoms with Gasteiger partial charge in [0.05, 0.1) is 5.52 Å². The van der Waals surface area contributed by atoms with E-state index in [9.17, 15) is 8.78 Å². The van der Waals surface area contributed by atoms with Gasteiger partial charge < -0.3 is 10.2 Å². The molecule has 0 amide bonds. The second-order valence-corrected chi connectivity index (χ2v) is 6.15. The van der Waals surface area contributed by atoms with Crippen molar-refractivity contribution in [3.05, 3.63) is 65.9 Å². The van der Waals surface area contributed by atoms with E-state index in [1.165, 1.54) is 0 Å². The largest absolute Gasteiger partial charge is 0.324 e. The summed E-state index contributed by atoms with van der Waals surface area (Å²) in [5, 5.41) is 10.5. The van der Waals surface area contributed by atoms with E-state index in [0.717, 1.165) is 23.4 Å². The van der Waals surface area contributed by atoms with Gasteiger partial charge in [-0.25, -0.2) is 13.8 Å². The molecule has 4 rings (SSSR count). The molecule has 0 atom stereocenters. The first kappa shape index (κ1) is 16.9. The van der Waals surface area contributed by atoms with Gasteiger partial charge in [-0.05, 0) is 36.8 Å². The van der Waals surface area contributed by atoms with Gasteiger partial charge in [-0.2, -0.15) is 10.1 Å². The van der Waals surface area contributed by atoms with Gasteiger partial charge in [-0.15, -0.1) is 0 Å². The van der Waals surface area contributed by atoms with E-state index in [1.807, 2.05) is 31.2 Å². The van der Waals surface area contributed by atoms with Gasteiger partial charge in [-0.3, -0.25) is 5.10 Å². The fourth-order valence-electron chi connectivity index (χ4n) is 2.81. The highest BCUT2D eigenvalue weighted by atomic mass is 19.2. The molecule has 2 aromatic heterocycles. The molecule has 27 heavy (non-hydrogen) atoms. The maximum atomic E-state index is 13.6. The van der Waals surface area contributed by atoms with Crippen LogP contribution in [0.1, 0.15) is 5.56 Å². The van der Waals surface area contributed by atoms with E-state index in [4.69, 9.17) is 0 Å². The molecular weight excluding hydrogens is 350 g/mol. The summed E-state index contributed by atoms with van der Waals surface area (Å²) in [6.45, 7) is 2.00. The van der Waals surface area contributed by atoms with Crippen molar-refractivity contribution in [3.63, 3.8) is 0 Å². The van der Waals surface area contributed by atoms with Crippen molar-refractivity contribution in [2.24, 2.45) is 0 Å². The average molecular weight is 366 g/mol. The first-order chi connectivity index (χ1) is 13.0. The number of benzene rings is 2. The van der Waals surface area contributed by atoms with Gasteiger partial charge >= 0.3 is 0 Å². The number of anilines is 4. The number of aryl methyl sites for hydroxylation is 1. The molecular formula is C19H16F2N6. The minimum Gasteiger partial charge on any atom is -0.324 e. The Balaban J connectivity index is 1.66. The summed E-state index contributed by atoms with van der Waals surface area (Å²) < 4.78 is 27.0. The molecule has 0 fully saturated rings. The van der Waals surface area contributed by atoms with E-state index in [2.05, 4.69) is 25.5 Å². The Kier molecular flexibility index (Phi) is 4.15. The van der Waals surface area contributed by atoms with Gasteiger partial charge in [-0.1, -0.05) is 12.1 Å². The molecule has 0 radical (unpaired) electrons. The van der Waals surface area contributed by atoms with Crippen molar-refractivity contribution in [3.8, 4) is 0 Å². The summed E-state index contributed by atoms with van der Waals surface area (Å²) in [7, 11) is 1.75. The second-order valence-electron chi connectivity index (χ2n) is 6.15. The molecule has 2 N–H and O–H groups in total. The smallest absolute Gasteiger partial charge is 0.229 e. The van der Waals surface area contributed by atoms with Crippen molar-refractivity contribution < 1.29 is 8.78 Å². The number of fused-ring (bicyclic) bond motifs is 1. The van der Waals surface area contributed by atoms with Crippen molar-refractivity contribution in [1.82, 2.24) is 20.2 Å². The van der Waals surface area contributed by atoms with Crippen LogP contribution in [0.4, 0.5) is 32.1 Å². The van der Waals surface area contributed by atoms with Gasteiger partial charge in [0.15, 0.2) is 17.5 Å². The summed E-state index contributed by atoms with van der Waals surface area (Å²) in [6, 6.07) is 11.8. The van der Waals surface area contributed by atoms with Crippen LogP contribution in [-0.4, -0.2) is 27.2 Å². The van der Waals surface area contributed by atoms with Crippen LogP contribution in [-0.2, 0) is 0 Å². The number of halogens is 2. The average Bonchev–Trinajstić information content (AvgIpc) is 3.04. The van der Waals surface area contributed by atoms with Crippen LogP contribution >= 0.6 is 0 Å². The van der Waals surface area contributed by atoms with Crippen molar-refractivity contribution in [1.29, 1.82) is 0 Å². The van der Waals surface area contributed by atoms with E-state index in [-0.39, 0.29) is 0 Å². The Morgan fingerprint density at radius 3 is 2.70 bits per heavy atom. The van der Waals surface area contributed by atoms with E-state index in [0.29, 0.717) is 28.5 Å². The summed E-state index contributed by atoms with van der Waals surface area (Å²) in [4.78, 5) is 10.4. The summed E-state index contributed by atoms with van der Waals surface area (Å²) >= 11 is 0. The Hall–Kier alpha value is -3.55. The number of hydrogen-bond donors (Lipinski definition) is 2. The summed E-state index contributed by atoms with van der Waals surface area (Å²) in [6.07, 6.45) is 1.62. The Labute approximate surface area is 153 Å². The number of H-pyrrole nitrogens is 1. The van der Waals surface area contributed by atoms with Crippen LogP contribution in [0.25, 0.3) is 10.9 Å². The highest BCUT2D eigenvalue weighted by molar-refractivity contribution is 5.91. The highest BCUT2D eigenvalue weighted by Crippen LogP contribution is 2.29. The SMILES string of the molecule is Cc1cccc(Nc2nccc(N(C)c3n[nH]c4cc(F)c(F)cc34)n2)c1. The number of hydrogen-bond acceptors (Lipinski definition) is 5. The minimum absolute atomic E-state index is 0.405. The maximum Gasteiger partial charge on any atom is 0.229 e. The normalized spacial score (nSPS) is 11.0. The molecule has 2 aromatic carbocycles. The molecule has 4 aromatic rings. The third kappa shape index (κ3) is 3.29. The zero-order chi connectivity index (χ0) is 19.0. The second kappa shape index (κ2) is 6.64. The third-order valence-electron chi connectivity index (χ3n) is 4.16. The molecule has 0 bridgehead atoms. The lowest BCUT2D eigenvalue weighted by atomic mass is 10.2. The molecule has 0 unspecified atom stereocenters. The Morgan fingerprint density at radius 1 is 1.07 bits per heavy atom. The molecule has 0 aliphatic carbocycles. The van der Waals surface area contributed by atoms with Gasteiger partial charge in [0.2, 0.25) is 5.95 Å². The van der Waals surface area contributed by atoms with Crippen LogP contribution in [0, 0.1) is 18.6 Å². The lowest BCUT2D eigenvalue weighted by Crippen LogP contribution is -2.13. The standard InChI is InChI=1S/C19H16F2N6/c1-11-4-3-5-12(8-11)23-19-22-7-6-17(24-19)27(2)18-13-9-14(20)15(21)10-16(13)25-26-18/h3-10H,1-2H3,(H,25,26)(H,22,23,24). The predicted molar refractivity (Wildman–Crippen MR) is 101 cm³/mol. The first-order valence-corrected chi connectivity index (χ1v) is 8.25. The molecule has 136 valence electrons. The van der Waals surface area contributed by atoms with E-state index >= 15 is 0 Å². The van der Waals surface area contributed by atoms with Crippen molar-refractivity contribution in [2.75, 3.05) is 17.3 Å². The number of nitrogens with zero attached hydrogens (tertiary/aromatic N) is 4. The molecule has 0 spiro atoms. The Morgan fingerprint density at radius 2 is 1.89 bits per heavy atom. The minimum atomic E-state index is -0.928. The topological polar surface area (TPSA) is 69.7 Å². The lowest BCUT2D eigenvalue weighted by molar-refractivity contribution is 0.511. The lowest BCUT2D eigenvalue weighted by Gasteiger charge is -2.16. The molecule has 0 aliphatic heterocycles. The molecule has 2 heterocycles. The number of nitrogens with one attached hydrogen (secondary N) is 2. The zero-order valence-electron chi connectivity index (χ0n) is 14.7. The van der Waals surface area contributed by atoms with Gasteiger partial charge in [0, 0.05) is 30.4 Å². The Bertz CT molecular complexity index is 1120. The fourth-order valence-corrected chi connectivity index (χ4v) is 2.81. The molecule has 0 saturated heterocycles. The van der Waals surface area contributed by atoms with E-state index < -0.39 is 11.6 Å². The van der Waals surface area contributed by atoms with Gasteiger partial charge in [0.25, 0.3) is 0 Å². The molecule has 6 nitrogen and oxygen atoms in total. The number of rotatable bonds is 4. The van der Waals surface area contributed by atoms with Crippen molar-refractivity contribution >= 4 is 34.2 Å². The van der Waals surface area contributed by atoms with Crippen LogP contribution in [0.5, 0.6) is 0 Å². The number of aromatic amines is 1. The molecule has 0 aliphatic rings. The quantitative estimate of drug-likeness (QED) is 0.558.